The first-order valence-corrected chi connectivity index (χ1v) is 10.0. The zero-order chi connectivity index (χ0) is 16.4. The summed E-state index contributed by atoms with van der Waals surface area (Å²) in [7, 11) is -6.84. The van der Waals surface area contributed by atoms with Crippen molar-refractivity contribution in [3.05, 3.63) is 29.8 Å². The van der Waals surface area contributed by atoms with Gasteiger partial charge in [0.25, 0.3) is 0 Å². The minimum atomic E-state index is -3.76. The quantitative estimate of drug-likeness (QED) is 0.752. The fourth-order valence-electron chi connectivity index (χ4n) is 2.15. The van der Waals surface area contributed by atoms with E-state index in [0.29, 0.717) is 6.42 Å². The lowest BCUT2D eigenvalue weighted by atomic mass is 10.2. The summed E-state index contributed by atoms with van der Waals surface area (Å²) in [6.07, 6.45) is 0.360. The largest absolute Gasteiger partial charge is 0.351 e. The SMILES string of the molecule is Cc1ccc(S(=O)(=O)NCC(=O)N[C@H]2CCS(=O)(=O)C2)cc1. The normalized spacial score (nSPS) is 20.7. The van der Waals surface area contributed by atoms with Gasteiger partial charge in [0.15, 0.2) is 9.84 Å². The molecule has 0 aliphatic carbocycles. The van der Waals surface area contributed by atoms with Crippen molar-refractivity contribution < 1.29 is 21.6 Å². The summed E-state index contributed by atoms with van der Waals surface area (Å²) in [6.45, 7) is 1.42. The van der Waals surface area contributed by atoms with Crippen LogP contribution in [-0.2, 0) is 24.7 Å². The molecule has 0 bridgehead atoms. The molecule has 0 radical (unpaired) electrons. The van der Waals surface area contributed by atoms with Gasteiger partial charge in [0, 0.05) is 6.04 Å². The second-order valence-corrected chi connectivity index (χ2v) is 9.30. The first-order valence-electron chi connectivity index (χ1n) is 6.74. The molecule has 1 atom stereocenters. The molecule has 122 valence electrons. The van der Waals surface area contributed by atoms with Crippen molar-refractivity contribution in [3.8, 4) is 0 Å². The molecule has 1 aromatic rings. The summed E-state index contributed by atoms with van der Waals surface area (Å²) in [6, 6.07) is 5.80. The zero-order valence-corrected chi connectivity index (χ0v) is 13.7. The molecule has 1 amide bonds. The number of amides is 1. The van der Waals surface area contributed by atoms with Crippen molar-refractivity contribution >= 4 is 25.8 Å². The Morgan fingerprint density at radius 1 is 1.27 bits per heavy atom. The van der Waals surface area contributed by atoms with Crippen LogP contribution in [0.25, 0.3) is 0 Å². The molecule has 1 saturated heterocycles. The summed E-state index contributed by atoms with van der Waals surface area (Å²) < 4.78 is 48.8. The maximum atomic E-state index is 12.0. The van der Waals surface area contributed by atoms with Crippen LogP contribution in [0.4, 0.5) is 0 Å². The van der Waals surface area contributed by atoms with Crippen LogP contribution in [-0.4, -0.2) is 46.8 Å². The molecule has 1 fully saturated rings. The fourth-order valence-corrected chi connectivity index (χ4v) is 4.80. The number of sulfone groups is 1. The third-order valence-corrected chi connectivity index (χ3v) is 6.54. The summed E-state index contributed by atoms with van der Waals surface area (Å²) in [5.41, 5.74) is 0.930. The highest BCUT2D eigenvalue weighted by Gasteiger charge is 2.29. The number of aryl methyl sites for hydroxylation is 1. The Bertz CT molecular complexity index is 754. The van der Waals surface area contributed by atoms with Gasteiger partial charge in [0.1, 0.15) is 0 Å². The molecule has 1 aliphatic heterocycles. The Hall–Kier alpha value is -1.45. The molecule has 2 rings (SSSR count). The van der Waals surface area contributed by atoms with Crippen molar-refractivity contribution in [2.45, 2.75) is 24.3 Å². The van der Waals surface area contributed by atoms with Crippen molar-refractivity contribution in [2.24, 2.45) is 0 Å². The van der Waals surface area contributed by atoms with Gasteiger partial charge >= 0.3 is 0 Å². The molecule has 0 aromatic heterocycles. The number of carbonyl (C=O) groups is 1. The molecule has 0 unspecified atom stereocenters. The van der Waals surface area contributed by atoms with Crippen molar-refractivity contribution in [1.29, 1.82) is 0 Å². The van der Waals surface area contributed by atoms with Gasteiger partial charge < -0.3 is 5.32 Å². The standard InChI is InChI=1S/C13H18N2O5S2/c1-10-2-4-12(5-3-10)22(19,20)14-8-13(16)15-11-6-7-21(17,18)9-11/h2-5,11,14H,6-9H2,1H3,(H,15,16)/t11-/m0/s1. The van der Waals surface area contributed by atoms with Crippen LogP contribution < -0.4 is 10.0 Å². The average molecular weight is 346 g/mol. The second-order valence-electron chi connectivity index (χ2n) is 5.31. The Morgan fingerprint density at radius 2 is 1.91 bits per heavy atom. The number of hydrogen-bond acceptors (Lipinski definition) is 5. The van der Waals surface area contributed by atoms with Crippen LogP contribution in [0.3, 0.4) is 0 Å². The lowest BCUT2D eigenvalue weighted by Gasteiger charge is -2.11. The Balaban J connectivity index is 1.89. The Labute approximate surface area is 130 Å². The number of nitrogens with one attached hydrogen (secondary N) is 2. The monoisotopic (exact) mass is 346 g/mol. The Kier molecular flexibility index (Phi) is 4.88. The summed E-state index contributed by atoms with van der Waals surface area (Å²) in [4.78, 5) is 11.8. The molecule has 1 aromatic carbocycles. The zero-order valence-electron chi connectivity index (χ0n) is 12.1. The highest BCUT2D eigenvalue weighted by molar-refractivity contribution is 7.91. The third kappa shape index (κ3) is 4.52. The Morgan fingerprint density at radius 3 is 2.45 bits per heavy atom. The van der Waals surface area contributed by atoms with Crippen LogP contribution in [0.5, 0.6) is 0 Å². The average Bonchev–Trinajstić information content (AvgIpc) is 2.76. The van der Waals surface area contributed by atoms with E-state index < -0.39 is 38.4 Å². The third-order valence-electron chi connectivity index (χ3n) is 3.35. The molecule has 0 saturated carbocycles. The minimum absolute atomic E-state index is 0.0487. The van der Waals surface area contributed by atoms with Gasteiger partial charge in [-0.2, -0.15) is 0 Å². The predicted molar refractivity (Wildman–Crippen MR) is 81.6 cm³/mol. The van der Waals surface area contributed by atoms with Gasteiger partial charge in [0.2, 0.25) is 15.9 Å². The topological polar surface area (TPSA) is 109 Å². The van der Waals surface area contributed by atoms with Crippen molar-refractivity contribution in [3.63, 3.8) is 0 Å². The number of rotatable bonds is 5. The van der Waals surface area contributed by atoms with E-state index in [4.69, 9.17) is 0 Å². The predicted octanol–water partition coefficient (Wildman–Crippen LogP) is -0.423. The number of sulfonamides is 1. The maximum Gasteiger partial charge on any atom is 0.241 e. The summed E-state index contributed by atoms with van der Waals surface area (Å²) in [5, 5.41) is 2.52. The van der Waals surface area contributed by atoms with Gasteiger partial charge in [-0.05, 0) is 25.5 Å². The molecule has 1 heterocycles. The molecule has 22 heavy (non-hydrogen) atoms. The van der Waals surface area contributed by atoms with Gasteiger partial charge in [-0.3, -0.25) is 4.79 Å². The first kappa shape index (κ1) is 16.9. The molecule has 0 spiro atoms. The van der Waals surface area contributed by atoms with Crippen molar-refractivity contribution in [2.75, 3.05) is 18.1 Å². The van der Waals surface area contributed by atoms with E-state index in [1.165, 1.54) is 12.1 Å². The molecule has 7 nitrogen and oxygen atoms in total. The first-order chi connectivity index (χ1) is 10.2. The minimum Gasteiger partial charge on any atom is -0.351 e. The number of carbonyl (C=O) groups excluding carboxylic acids is 1. The molecule has 2 N–H and O–H groups in total. The van der Waals surface area contributed by atoms with E-state index in [1.54, 1.807) is 12.1 Å². The molecular weight excluding hydrogens is 328 g/mol. The smallest absolute Gasteiger partial charge is 0.241 e. The highest BCUT2D eigenvalue weighted by Crippen LogP contribution is 2.11. The van der Waals surface area contributed by atoms with Crippen molar-refractivity contribution in [1.82, 2.24) is 10.0 Å². The van der Waals surface area contributed by atoms with Crippen LogP contribution in [0.15, 0.2) is 29.2 Å². The summed E-state index contributed by atoms with van der Waals surface area (Å²) in [5.74, 6) is -0.589. The van der Waals surface area contributed by atoms with Gasteiger partial charge in [-0.25, -0.2) is 21.6 Å². The van der Waals surface area contributed by atoms with Crippen LogP contribution in [0, 0.1) is 6.92 Å². The molecule has 1 aliphatic rings. The fraction of sp³-hybridized carbons (Fsp3) is 0.462. The van der Waals surface area contributed by atoms with Gasteiger partial charge in [-0.15, -0.1) is 0 Å². The van der Waals surface area contributed by atoms with Gasteiger partial charge in [-0.1, -0.05) is 17.7 Å². The highest BCUT2D eigenvalue weighted by atomic mass is 32.2. The van der Waals surface area contributed by atoms with E-state index in [2.05, 4.69) is 10.0 Å². The van der Waals surface area contributed by atoms with Crippen LogP contribution in [0.2, 0.25) is 0 Å². The lowest BCUT2D eigenvalue weighted by molar-refractivity contribution is -0.120. The molecular formula is C13H18N2O5S2. The number of hydrogen-bond donors (Lipinski definition) is 2. The van der Waals surface area contributed by atoms with E-state index >= 15 is 0 Å². The molecule has 9 heteroatoms. The van der Waals surface area contributed by atoms with E-state index in [-0.39, 0.29) is 16.4 Å². The van der Waals surface area contributed by atoms with E-state index in [1.807, 2.05) is 6.92 Å². The van der Waals surface area contributed by atoms with Crippen LogP contribution in [0.1, 0.15) is 12.0 Å². The van der Waals surface area contributed by atoms with E-state index in [0.717, 1.165) is 5.56 Å². The van der Waals surface area contributed by atoms with Crippen LogP contribution >= 0.6 is 0 Å². The lowest BCUT2D eigenvalue weighted by Crippen LogP contribution is -2.42. The number of benzene rings is 1. The maximum absolute atomic E-state index is 12.0. The second kappa shape index (κ2) is 6.35. The van der Waals surface area contributed by atoms with E-state index in [9.17, 15) is 21.6 Å². The summed E-state index contributed by atoms with van der Waals surface area (Å²) >= 11 is 0. The van der Waals surface area contributed by atoms with Gasteiger partial charge in [0.05, 0.1) is 22.9 Å².